The fourth-order valence-corrected chi connectivity index (χ4v) is 2.82. The molecule has 0 saturated heterocycles. The van der Waals surface area contributed by atoms with Gasteiger partial charge in [-0.25, -0.2) is 0 Å². The topological polar surface area (TPSA) is 13.1 Å². The third-order valence-electron chi connectivity index (χ3n) is 2.76. The lowest BCUT2D eigenvalue weighted by Crippen LogP contribution is -1.80. The van der Waals surface area contributed by atoms with Crippen LogP contribution < -0.4 is 0 Å². The Morgan fingerprint density at radius 3 is 3.00 bits per heavy atom. The van der Waals surface area contributed by atoms with E-state index in [-0.39, 0.29) is 0 Å². The van der Waals surface area contributed by atoms with E-state index >= 15 is 0 Å². The van der Waals surface area contributed by atoms with Crippen LogP contribution in [0.25, 0.3) is 11.1 Å². The van der Waals surface area contributed by atoms with Crippen molar-refractivity contribution in [3.05, 3.63) is 46.0 Å². The Hall–Kier alpha value is -1.28. The van der Waals surface area contributed by atoms with Crippen molar-refractivity contribution >= 4 is 22.5 Å². The SMILES string of the molecule is CC1=C(c2cccs2)Cc2occc21. The highest BCUT2D eigenvalue weighted by molar-refractivity contribution is 7.11. The van der Waals surface area contributed by atoms with Crippen molar-refractivity contribution in [2.45, 2.75) is 13.3 Å². The quantitative estimate of drug-likeness (QED) is 0.685. The van der Waals surface area contributed by atoms with Crippen molar-refractivity contribution in [2.75, 3.05) is 0 Å². The molecule has 3 rings (SSSR count). The van der Waals surface area contributed by atoms with Crippen LogP contribution in [-0.2, 0) is 6.42 Å². The molecule has 0 amide bonds. The standard InChI is InChI=1S/C12H10OS/c1-8-9-4-5-13-11(9)7-10(8)12-3-2-6-14-12/h2-6H,7H2,1H3. The van der Waals surface area contributed by atoms with Gasteiger partial charge >= 0.3 is 0 Å². The normalized spacial score (nSPS) is 14.9. The molecule has 0 N–H and O–H groups in total. The maximum absolute atomic E-state index is 5.44. The minimum atomic E-state index is 0.953. The third kappa shape index (κ3) is 1.01. The Morgan fingerprint density at radius 1 is 1.36 bits per heavy atom. The van der Waals surface area contributed by atoms with Crippen LogP contribution in [0.4, 0.5) is 0 Å². The highest BCUT2D eigenvalue weighted by atomic mass is 32.1. The Morgan fingerprint density at radius 2 is 2.29 bits per heavy atom. The van der Waals surface area contributed by atoms with Crippen molar-refractivity contribution in [1.29, 1.82) is 0 Å². The number of rotatable bonds is 1. The minimum Gasteiger partial charge on any atom is -0.468 e. The highest BCUT2D eigenvalue weighted by Crippen LogP contribution is 2.39. The smallest absolute Gasteiger partial charge is 0.115 e. The predicted molar refractivity (Wildman–Crippen MR) is 59.2 cm³/mol. The van der Waals surface area contributed by atoms with Crippen LogP contribution in [0.2, 0.25) is 0 Å². The molecule has 1 aliphatic carbocycles. The van der Waals surface area contributed by atoms with E-state index in [0.717, 1.165) is 12.2 Å². The van der Waals surface area contributed by atoms with Gasteiger partial charge in [0, 0.05) is 16.9 Å². The van der Waals surface area contributed by atoms with Crippen LogP contribution in [0.5, 0.6) is 0 Å². The Kier molecular flexibility index (Phi) is 1.64. The molecule has 0 radical (unpaired) electrons. The molecule has 1 aliphatic rings. The predicted octanol–water partition coefficient (Wildman–Crippen LogP) is 3.83. The molecule has 0 saturated carbocycles. The van der Waals surface area contributed by atoms with E-state index in [1.165, 1.54) is 21.6 Å². The van der Waals surface area contributed by atoms with E-state index < -0.39 is 0 Å². The minimum absolute atomic E-state index is 0.953. The zero-order valence-electron chi connectivity index (χ0n) is 7.91. The first-order valence-electron chi connectivity index (χ1n) is 4.66. The summed E-state index contributed by atoms with van der Waals surface area (Å²) in [5.41, 5.74) is 4.08. The summed E-state index contributed by atoms with van der Waals surface area (Å²) in [6.07, 6.45) is 2.73. The second kappa shape index (κ2) is 2.85. The van der Waals surface area contributed by atoms with Gasteiger partial charge < -0.3 is 4.42 Å². The van der Waals surface area contributed by atoms with Crippen LogP contribution in [-0.4, -0.2) is 0 Å². The molecular formula is C12H10OS. The van der Waals surface area contributed by atoms with Gasteiger partial charge in [-0.2, -0.15) is 0 Å². The first-order chi connectivity index (χ1) is 6.86. The maximum Gasteiger partial charge on any atom is 0.115 e. The first kappa shape index (κ1) is 8.06. The Labute approximate surface area is 86.7 Å². The Balaban J connectivity index is 2.13. The summed E-state index contributed by atoms with van der Waals surface area (Å²) < 4.78 is 5.44. The van der Waals surface area contributed by atoms with Crippen LogP contribution in [0.15, 0.2) is 34.3 Å². The van der Waals surface area contributed by atoms with Gasteiger partial charge in [-0.15, -0.1) is 11.3 Å². The van der Waals surface area contributed by atoms with Crippen molar-refractivity contribution in [2.24, 2.45) is 0 Å². The molecule has 2 aromatic heterocycles. The van der Waals surface area contributed by atoms with E-state index in [9.17, 15) is 0 Å². The van der Waals surface area contributed by atoms with Crippen LogP contribution in [0.1, 0.15) is 23.1 Å². The molecule has 0 unspecified atom stereocenters. The molecule has 2 aromatic rings. The molecule has 0 aliphatic heterocycles. The fourth-order valence-electron chi connectivity index (χ4n) is 1.99. The lowest BCUT2D eigenvalue weighted by Gasteiger charge is -1.99. The largest absolute Gasteiger partial charge is 0.468 e. The zero-order valence-corrected chi connectivity index (χ0v) is 8.73. The van der Waals surface area contributed by atoms with Gasteiger partial charge in [0.05, 0.1) is 6.26 Å². The van der Waals surface area contributed by atoms with Crippen molar-refractivity contribution in [1.82, 2.24) is 0 Å². The molecule has 1 nitrogen and oxygen atoms in total. The van der Waals surface area contributed by atoms with Crippen LogP contribution in [0, 0.1) is 0 Å². The van der Waals surface area contributed by atoms with E-state index in [0.29, 0.717) is 0 Å². The van der Waals surface area contributed by atoms with Gasteiger partial charge in [0.2, 0.25) is 0 Å². The lowest BCUT2D eigenvalue weighted by molar-refractivity contribution is 0.526. The molecule has 0 atom stereocenters. The first-order valence-corrected chi connectivity index (χ1v) is 5.54. The summed E-state index contributed by atoms with van der Waals surface area (Å²) in [6.45, 7) is 2.18. The molecular weight excluding hydrogens is 192 g/mol. The summed E-state index contributed by atoms with van der Waals surface area (Å²) in [6, 6.07) is 6.33. The molecule has 70 valence electrons. The van der Waals surface area contributed by atoms with Gasteiger partial charge in [0.25, 0.3) is 0 Å². The average molecular weight is 202 g/mol. The molecule has 0 fully saturated rings. The van der Waals surface area contributed by atoms with Gasteiger partial charge in [0.1, 0.15) is 5.76 Å². The zero-order chi connectivity index (χ0) is 9.54. The van der Waals surface area contributed by atoms with E-state index in [1.54, 1.807) is 17.6 Å². The molecule has 14 heavy (non-hydrogen) atoms. The molecule has 0 bridgehead atoms. The average Bonchev–Trinajstić information content (AvgIpc) is 2.84. The lowest BCUT2D eigenvalue weighted by atomic mass is 10.1. The van der Waals surface area contributed by atoms with Crippen LogP contribution >= 0.6 is 11.3 Å². The molecule has 2 heterocycles. The summed E-state index contributed by atoms with van der Waals surface area (Å²) in [7, 11) is 0. The molecule has 0 spiro atoms. The number of fused-ring (bicyclic) bond motifs is 1. The third-order valence-corrected chi connectivity index (χ3v) is 3.69. The summed E-state index contributed by atoms with van der Waals surface area (Å²) in [5, 5.41) is 2.12. The van der Waals surface area contributed by atoms with Crippen molar-refractivity contribution < 1.29 is 4.42 Å². The number of furan rings is 1. The van der Waals surface area contributed by atoms with Gasteiger partial charge in [-0.1, -0.05) is 6.07 Å². The van der Waals surface area contributed by atoms with Crippen molar-refractivity contribution in [3.8, 4) is 0 Å². The van der Waals surface area contributed by atoms with E-state index in [4.69, 9.17) is 4.42 Å². The van der Waals surface area contributed by atoms with E-state index in [2.05, 4.69) is 30.5 Å². The maximum atomic E-state index is 5.44. The number of allylic oxidation sites excluding steroid dienone is 2. The summed E-state index contributed by atoms with van der Waals surface area (Å²) in [5.74, 6) is 1.12. The fraction of sp³-hybridized carbons (Fsp3) is 0.167. The summed E-state index contributed by atoms with van der Waals surface area (Å²) in [4.78, 5) is 1.37. The second-order valence-electron chi connectivity index (χ2n) is 3.52. The molecule has 2 heteroatoms. The van der Waals surface area contributed by atoms with Crippen LogP contribution in [0.3, 0.4) is 0 Å². The number of hydrogen-bond donors (Lipinski definition) is 0. The Bertz CT molecular complexity index is 488. The van der Waals surface area contributed by atoms with E-state index in [1.807, 2.05) is 0 Å². The molecule has 0 aromatic carbocycles. The monoisotopic (exact) mass is 202 g/mol. The summed E-state index contributed by atoms with van der Waals surface area (Å²) >= 11 is 1.80. The van der Waals surface area contributed by atoms with Crippen molar-refractivity contribution in [3.63, 3.8) is 0 Å². The second-order valence-corrected chi connectivity index (χ2v) is 4.46. The van der Waals surface area contributed by atoms with Gasteiger partial charge in [0.15, 0.2) is 0 Å². The van der Waals surface area contributed by atoms with Gasteiger partial charge in [-0.3, -0.25) is 0 Å². The highest BCUT2D eigenvalue weighted by Gasteiger charge is 2.22. The van der Waals surface area contributed by atoms with Gasteiger partial charge in [-0.05, 0) is 35.6 Å². The number of thiophene rings is 1. The number of hydrogen-bond acceptors (Lipinski definition) is 2.